The van der Waals surface area contributed by atoms with Crippen molar-refractivity contribution in [2.45, 2.75) is 32.8 Å². The average Bonchev–Trinajstić information content (AvgIpc) is 2.99. The number of carbonyl (C=O) groups excluding carboxylic acids is 1. The number of nitrogens with one attached hydrogen (secondary N) is 1. The molecule has 2 rings (SSSR count). The highest BCUT2D eigenvalue weighted by molar-refractivity contribution is 5.78. The van der Waals surface area contributed by atoms with E-state index in [4.69, 9.17) is 13.9 Å². The van der Waals surface area contributed by atoms with Gasteiger partial charge in [-0.1, -0.05) is 0 Å². The summed E-state index contributed by atoms with van der Waals surface area (Å²) in [5.74, 6) is 1.36. The Hall–Kier alpha value is -2.08. The molecule has 2 N–H and O–H groups in total. The van der Waals surface area contributed by atoms with Crippen LogP contribution in [0.1, 0.15) is 24.8 Å². The average molecular weight is 278 g/mol. The maximum atomic E-state index is 11.7. The fourth-order valence-corrected chi connectivity index (χ4v) is 1.73. The number of aryl methyl sites for hydroxylation is 1. The van der Waals surface area contributed by atoms with Gasteiger partial charge >= 0.3 is 0 Å². The largest absolute Gasteiger partial charge is 0.459 e. The van der Waals surface area contributed by atoms with E-state index < -0.39 is 6.10 Å². The van der Waals surface area contributed by atoms with Gasteiger partial charge in [0.1, 0.15) is 5.76 Å². The number of aromatic nitrogens is 1. The number of oxazole rings is 1. The zero-order valence-electron chi connectivity index (χ0n) is 11.5. The van der Waals surface area contributed by atoms with E-state index in [-0.39, 0.29) is 12.3 Å². The monoisotopic (exact) mass is 278 g/mol. The molecule has 6 nitrogen and oxygen atoms in total. The molecular formula is C14H18N2O4. The predicted octanol–water partition coefficient (Wildman–Crippen LogP) is 1.67. The highest BCUT2D eigenvalue weighted by Crippen LogP contribution is 2.22. The highest BCUT2D eigenvalue weighted by Gasteiger charge is 2.15. The van der Waals surface area contributed by atoms with Gasteiger partial charge in [-0.25, -0.2) is 4.98 Å². The molecule has 2 heterocycles. The van der Waals surface area contributed by atoms with Gasteiger partial charge in [0.05, 0.1) is 24.5 Å². The fraction of sp³-hybridized carbons (Fsp3) is 0.429. The van der Waals surface area contributed by atoms with Gasteiger partial charge in [0.25, 0.3) is 5.89 Å². The number of hydrogen-bond donors (Lipinski definition) is 2. The molecule has 0 bridgehead atoms. The van der Waals surface area contributed by atoms with Crippen LogP contribution in [0, 0.1) is 6.92 Å². The van der Waals surface area contributed by atoms with Crippen LogP contribution in [0.4, 0.5) is 0 Å². The molecule has 0 aliphatic heterocycles. The number of carbonyl (C=O) groups is 1. The number of nitrogens with zero attached hydrogens (tertiary/aromatic N) is 1. The van der Waals surface area contributed by atoms with Crippen molar-refractivity contribution in [2.24, 2.45) is 0 Å². The molecule has 20 heavy (non-hydrogen) atoms. The number of furan rings is 1. The van der Waals surface area contributed by atoms with E-state index >= 15 is 0 Å². The molecule has 0 spiro atoms. The molecule has 2 aromatic rings. The SMILES string of the molecule is Cc1oc(-c2ccco2)nc1CC(=O)NCCC(C)O. The molecule has 0 aromatic carbocycles. The van der Waals surface area contributed by atoms with E-state index in [2.05, 4.69) is 10.3 Å². The van der Waals surface area contributed by atoms with Gasteiger partial charge in [-0.2, -0.15) is 0 Å². The zero-order chi connectivity index (χ0) is 14.5. The lowest BCUT2D eigenvalue weighted by molar-refractivity contribution is -0.120. The van der Waals surface area contributed by atoms with Crippen LogP contribution in [0.15, 0.2) is 27.2 Å². The zero-order valence-corrected chi connectivity index (χ0v) is 11.5. The molecule has 1 unspecified atom stereocenters. The molecule has 0 saturated heterocycles. The summed E-state index contributed by atoms with van der Waals surface area (Å²) >= 11 is 0. The molecule has 6 heteroatoms. The minimum Gasteiger partial charge on any atom is -0.459 e. The third kappa shape index (κ3) is 3.71. The van der Waals surface area contributed by atoms with Gasteiger partial charge in [0.2, 0.25) is 5.91 Å². The second-order valence-electron chi connectivity index (χ2n) is 4.66. The Labute approximate surface area is 116 Å². The van der Waals surface area contributed by atoms with Crippen molar-refractivity contribution >= 4 is 5.91 Å². The molecule has 0 aliphatic carbocycles. The van der Waals surface area contributed by atoms with E-state index in [9.17, 15) is 4.79 Å². The third-order valence-electron chi connectivity index (χ3n) is 2.84. The molecule has 2 aromatic heterocycles. The number of hydrogen-bond acceptors (Lipinski definition) is 5. The molecule has 0 fully saturated rings. The van der Waals surface area contributed by atoms with E-state index in [0.717, 1.165) is 0 Å². The topological polar surface area (TPSA) is 88.5 Å². The number of aliphatic hydroxyl groups is 1. The minimum absolute atomic E-state index is 0.145. The van der Waals surface area contributed by atoms with Crippen molar-refractivity contribution in [3.8, 4) is 11.7 Å². The molecule has 108 valence electrons. The fourth-order valence-electron chi connectivity index (χ4n) is 1.73. The van der Waals surface area contributed by atoms with E-state index in [1.165, 1.54) is 6.26 Å². The molecule has 1 amide bonds. The van der Waals surface area contributed by atoms with Crippen LogP contribution in [0.3, 0.4) is 0 Å². The van der Waals surface area contributed by atoms with Crippen LogP contribution < -0.4 is 5.32 Å². The maximum Gasteiger partial charge on any atom is 0.263 e. The molecule has 0 radical (unpaired) electrons. The van der Waals surface area contributed by atoms with E-state index in [1.54, 1.807) is 26.0 Å². The Morgan fingerprint density at radius 3 is 3.00 bits per heavy atom. The summed E-state index contributed by atoms with van der Waals surface area (Å²) in [6.45, 7) is 3.89. The van der Waals surface area contributed by atoms with Crippen molar-refractivity contribution in [2.75, 3.05) is 6.54 Å². The lowest BCUT2D eigenvalue weighted by Gasteiger charge is -2.05. The summed E-state index contributed by atoms with van der Waals surface area (Å²) in [4.78, 5) is 16.0. The Bertz CT molecular complexity index is 558. The Kier molecular flexibility index (Phi) is 4.57. The number of rotatable bonds is 6. The number of aliphatic hydroxyl groups excluding tert-OH is 1. The van der Waals surface area contributed by atoms with E-state index in [1.807, 2.05) is 0 Å². The van der Waals surface area contributed by atoms with Gasteiger partial charge < -0.3 is 19.3 Å². The first-order valence-electron chi connectivity index (χ1n) is 6.51. The lowest BCUT2D eigenvalue weighted by atomic mass is 10.2. The third-order valence-corrected chi connectivity index (χ3v) is 2.84. The smallest absolute Gasteiger partial charge is 0.263 e. The van der Waals surface area contributed by atoms with Crippen molar-refractivity contribution in [1.29, 1.82) is 0 Å². The number of amides is 1. The van der Waals surface area contributed by atoms with Crippen molar-refractivity contribution in [1.82, 2.24) is 10.3 Å². The van der Waals surface area contributed by atoms with Gasteiger partial charge in [-0.15, -0.1) is 0 Å². The van der Waals surface area contributed by atoms with Crippen molar-refractivity contribution in [3.05, 3.63) is 29.9 Å². The maximum absolute atomic E-state index is 11.7. The summed E-state index contributed by atoms with van der Waals surface area (Å²) in [7, 11) is 0. The standard InChI is InChI=1S/C14H18N2O4/c1-9(17)5-6-15-13(18)8-11-10(2)20-14(16-11)12-4-3-7-19-12/h3-4,7,9,17H,5-6,8H2,1-2H3,(H,15,18). The normalized spacial score (nSPS) is 12.3. The molecule has 0 aliphatic rings. The minimum atomic E-state index is -0.422. The van der Waals surface area contributed by atoms with Crippen molar-refractivity contribution < 1.29 is 18.7 Å². The Balaban J connectivity index is 1.94. The summed E-state index contributed by atoms with van der Waals surface area (Å²) < 4.78 is 10.7. The lowest BCUT2D eigenvalue weighted by Crippen LogP contribution is -2.28. The van der Waals surface area contributed by atoms with Crippen LogP contribution in [0.25, 0.3) is 11.7 Å². The van der Waals surface area contributed by atoms with Crippen LogP contribution in [0.2, 0.25) is 0 Å². The van der Waals surface area contributed by atoms with Gasteiger partial charge in [0, 0.05) is 6.54 Å². The van der Waals surface area contributed by atoms with Crippen LogP contribution in [0.5, 0.6) is 0 Å². The first-order chi connectivity index (χ1) is 9.56. The van der Waals surface area contributed by atoms with Crippen molar-refractivity contribution in [3.63, 3.8) is 0 Å². The molecule has 1 atom stereocenters. The van der Waals surface area contributed by atoms with Gasteiger partial charge in [-0.3, -0.25) is 4.79 Å². The van der Waals surface area contributed by atoms with E-state index in [0.29, 0.717) is 36.1 Å². The van der Waals surface area contributed by atoms with Gasteiger partial charge in [-0.05, 0) is 32.4 Å². The molecular weight excluding hydrogens is 260 g/mol. The van der Waals surface area contributed by atoms with Crippen LogP contribution >= 0.6 is 0 Å². The predicted molar refractivity (Wildman–Crippen MR) is 72.0 cm³/mol. The highest BCUT2D eigenvalue weighted by atomic mass is 16.4. The summed E-state index contributed by atoms with van der Waals surface area (Å²) in [5, 5.41) is 11.8. The quantitative estimate of drug-likeness (QED) is 0.839. The summed E-state index contributed by atoms with van der Waals surface area (Å²) in [6, 6.07) is 3.50. The van der Waals surface area contributed by atoms with Crippen LogP contribution in [-0.4, -0.2) is 28.6 Å². The Morgan fingerprint density at radius 2 is 2.35 bits per heavy atom. The summed E-state index contributed by atoms with van der Waals surface area (Å²) in [5.41, 5.74) is 0.589. The van der Waals surface area contributed by atoms with Gasteiger partial charge in [0.15, 0.2) is 5.76 Å². The first kappa shape index (κ1) is 14.3. The molecule has 0 saturated carbocycles. The van der Waals surface area contributed by atoms with Crippen LogP contribution in [-0.2, 0) is 11.2 Å². The second kappa shape index (κ2) is 6.38. The second-order valence-corrected chi connectivity index (χ2v) is 4.66. The first-order valence-corrected chi connectivity index (χ1v) is 6.51. The summed E-state index contributed by atoms with van der Waals surface area (Å²) in [6.07, 6.45) is 1.79. The Morgan fingerprint density at radius 1 is 1.55 bits per heavy atom.